The maximum atomic E-state index is 13.6. The number of nitrogens with zero attached hydrogens (tertiary/aromatic N) is 3. The van der Waals surface area contributed by atoms with Crippen LogP contribution in [0.5, 0.6) is 0 Å². The summed E-state index contributed by atoms with van der Waals surface area (Å²) >= 11 is 0. The van der Waals surface area contributed by atoms with Crippen LogP contribution >= 0.6 is 0 Å². The third-order valence-electron chi connectivity index (χ3n) is 6.04. The van der Waals surface area contributed by atoms with Crippen LogP contribution in [0.15, 0.2) is 30.3 Å². The first-order valence-electron chi connectivity index (χ1n) is 12.7. The van der Waals surface area contributed by atoms with Crippen molar-refractivity contribution in [1.82, 2.24) is 14.7 Å². The average Bonchev–Trinajstić information content (AvgIpc) is 2.80. The van der Waals surface area contributed by atoms with Crippen molar-refractivity contribution in [2.45, 2.75) is 71.8 Å². The molecule has 0 spiro atoms. The van der Waals surface area contributed by atoms with Crippen LogP contribution in [0, 0.1) is 5.92 Å². The molecule has 1 saturated heterocycles. The zero-order valence-electron chi connectivity index (χ0n) is 22.6. The van der Waals surface area contributed by atoms with Gasteiger partial charge >= 0.3 is 12.1 Å². The molecular formula is C27H43N3O6. The third-order valence-corrected chi connectivity index (χ3v) is 6.04. The summed E-state index contributed by atoms with van der Waals surface area (Å²) < 4.78 is 11.2. The molecule has 0 aromatic heterocycles. The topological polar surface area (TPSA) is 99.6 Å². The van der Waals surface area contributed by atoms with Crippen LogP contribution in [-0.4, -0.2) is 95.3 Å². The molecule has 0 bridgehead atoms. The van der Waals surface area contributed by atoms with Crippen molar-refractivity contribution < 1.29 is 29.0 Å². The fraction of sp³-hybridized carbons (Fsp3) is 0.667. The quantitative estimate of drug-likeness (QED) is 0.460. The van der Waals surface area contributed by atoms with E-state index >= 15 is 0 Å². The highest BCUT2D eigenvalue weighted by atomic mass is 16.6. The number of hydrogen-bond donors (Lipinski definition) is 1. The summed E-state index contributed by atoms with van der Waals surface area (Å²) in [5.74, 6) is -1.27. The molecule has 1 aromatic rings. The molecular weight excluding hydrogens is 462 g/mol. The van der Waals surface area contributed by atoms with E-state index in [2.05, 4.69) is 4.90 Å². The number of hydrogen-bond acceptors (Lipinski definition) is 6. The Morgan fingerprint density at radius 1 is 1.14 bits per heavy atom. The molecule has 1 aromatic carbocycles. The second-order valence-corrected chi connectivity index (χ2v) is 10.8. The SMILES string of the molecule is CC(C)C[C@@H](C(=O)N1CCN(CCCOCc2ccccc2)C[C@@H]1C(=O)O)N(C)C(=O)OC(C)(C)C. The molecule has 36 heavy (non-hydrogen) atoms. The molecule has 0 saturated carbocycles. The summed E-state index contributed by atoms with van der Waals surface area (Å²) in [6, 6.07) is 8.18. The molecule has 1 aliphatic rings. The number of likely N-dealkylation sites (N-methyl/N-ethyl adjacent to an activating group) is 1. The number of carboxylic acids is 1. The van der Waals surface area contributed by atoms with Gasteiger partial charge in [0.2, 0.25) is 5.91 Å². The van der Waals surface area contributed by atoms with Crippen molar-refractivity contribution in [3.63, 3.8) is 0 Å². The van der Waals surface area contributed by atoms with Crippen molar-refractivity contribution >= 4 is 18.0 Å². The summed E-state index contributed by atoms with van der Waals surface area (Å²) in [5.41, 5.74) is 0.416. The number of carboxylic acid groups (broad SMARTS) is 1. The van der Waals surface area contributed by atoms with Gasteiger partial charge in [-0.25, -0.2) is 9.59 Å². The highest BCUT2D eigenvalue weighted by molar-refractivity contribution is 5.89. The zero-order valence-corrected chi connectivity index (χ0v) is 22.6. The van der Waals surface area contributed by atoms with E-state index < -0.39 is 29.7 Å². The second-order valence-electron chi connectivity index (χ2n) is 10.8. The monoisotopic (exact) mass is 505 g/mol. The first-order valence-corrected chi connectivity index (χ1v) is 12.7. The first kappa shape index (κ1) is 29.6. The van der Waals surface area contributed by atoms with Crippen LogP contribution in [0.1, 0.15) is 53.0 Å². The standard InChI is InChI=1S/C27H43N3O6/c1-20(2)17-22(28(6)26(34)36-27(3,4)5)24(31)30-15-14-29(18-23(30)25(32)33)13-10-16-35-19-21-11-8-7-9-12-21/h7-9,11-12,20,22-23H,10,13-19H2,1-6H3,(H,32,33)/t22-,23+/m0/s1. The number of piperazine rings is 1. The van der Waals surface area contributed by atoms with Gasteiger partial charge in [0.05, 0.1) is 6.61 Å². The number of aliphatic carboxylic acids is 1. The lowest BCUT2D eigenvalue weighted by Crippen LogP contribution is -2.62. The Balaban J connectivity index is 1.97. The van der Waals surface area contributed by atoms with Gasteiger partial charge in [-0.2, -0.15) is 0 Å². The zero-order chi connectivity index (χ0) is 26.9. The van der Waals surface area contributed by atoms with E-state index in [-0.39, 0.29) is 24.9 Å². The second kappa shape index (κ2) is 13.6. The van der Waals surface area contributed by atoms with Crippen molar-refractivity contribution in [2.75, 3.05) is 39.8 Å². The van der Waals surface area contributed by atoms with Crippen molar-refractivity contribution in [2.24, 2.45) is 5.92 Å². The van der Waals surface area contributed by atoms with Gasteiger partial charge in [-0.3, -0.25) is 14.6 Å². The Hall–Kier alpha value is -2.65. The number of rotatable bonds is 11. The van der Waals surface area contributed by atoms with Gasteiger partial charge in [0.1, 0.15) is 17.7 Å². The molecule has 2 rings (SSSR count). The lowest BCUT2D eigenvalue weighted by molar-refractivity contribution is -0.156. The molecule has 2 atom stereocenters. The molecule has 0 unspecified atom stereocenters. The predicted molar refractivity (Wildman–Crippen MR) is 138 cm³/mol. The van der Waals surface area contributed by atoms with E-state index in [0.717, 1.165) is 12.0 Å². The normalized spacial score (nSPS) is 17.6. The number of carbonyl (C=O) groups excluding carboxylic acids is 2. The fourth-order valence-electron chi connectivity index (χ4n) is 4.20. The Labute approximate surface area is 215 Å². The van der Waals surface area contributed by atoms with Gasteiger partial charge in [0, 0.05) is 39.8 Å². The number of ether oxygens (including phenoxy) is 2. The predicted octanol–water partition coefficient (Wildman–Crippen LogP) is 3.47. The molecule has 1 aliphatic heterocycles. The van der Waals surface area contributed by atoms with Crippen LogP contribution in [0.4, 0.5) is 4.79 Å². The molecule has 0 radical (unpaired) electrons. The van der Waals surface area contributed by atoms with Crippen LogP contribution in [-0.2, 0) is 25.7 Å². The van der Waals surface area contributed by atoms with E-state index in [0.29, 0.717) is 32.7 Å². The van der Waals surface area contributed by atoms with Gasteiger partial charge in [-0.1, -0.05) is 44.2 Å². The maximum Gasteiger partial charge on any atom is 0.410 e. The summed E-state index contributed by atoms with van der Waals surface area (Å²) in [6.07, 6.45) is 0.590. The average molecular weight is 506 g/mol. The lowest BCUT2D eigenvalue weighted by Gasteiger charge is -2.42. The fourth-order valence-corrected chi connectivity index (χ4v) is 4.20. The number of amides is 2. The largest absolute Gasteiger partial charge is 0.480 e. The molecule has 1 N–H and O–H groups in total. The van der Waals surface area contributed by atoms with Crippen molar-refractivity contribution in [1.29, 1.82) is 0 Å². The molecule has 0 aliphatic carbocycles. The third kappa shape index (κ3) is 9.43. The molecule has 202 valence electrons. The minimum Gasteiger partial charge on any atom is -0.480 e. The minimum atomic E-state index is -1.04. The maximum absolute atomic E-state index is 13.6. The first-order chi connectivity index (χ1) is 16.9. The molecule has 9 nitrogen and oxygen atoms in total. The van der Waals surface area contributed by atoms with Gasteiger partial charge in [0.15, 0.2) is 0 Å². The molecule has 1 heterocycles. The Morgan fingerprint density at radius 2 is 1.81 bits per heavy atom. The minimum absolute atomic E-state index is 0.129. The summed E-state index contributed by atoms with van der Waals surface area (Å²) in [4.78, 5) is 43.2. The highest BCUT2D eigenvalue weighted by Gasteiger charge is 2.40. The Morgan fingerprint density at radius 3 is 2.39 bits per heavy atom. The van der Waals surface area contributed by atoms with Gasteiger partial charge in [0.25, 0.3) is 0 Å². The van der Waals surface area contributed by atoms with Gasteiger partial charge in [-0.15, -0.1) is 0 Å². The molecule has 1 fully saturated rings. The highest BCUT2D eigenvalue weighted by Crippen LogP contribution is 2.20. The number of benzene rings is 1. The van der Waals surface area contributed by atoms with Crippen molar-refractivity contribution in [3.05, 3.63) is 35.9 Å². The smallest absolute Gasteiger partial charge is 0.410 e. The van der Waals surface area contributed by atoms with Crippen molar-refractivity contribution in [3.8, 4) is 0 Å². The van der Waals surface area contributed by atoms with Crippen LogP contribution in [0.2, 0.25) is 0 Å². The van der Waals surface area contributed by atoms with E-state index in [9.17, 15) is 19.5 Å². The van der Waals surface area contributed by atoms with Gasteiger partial charge < -0.3 is 19.5 Å². The van der Waals surface area contributed by atoms with E-state index in [4.69, 9.17) is 9.47 Å². The molecule has 9 heteroatoms. The van der Waals surface area contributed by atoms with Gasteiger partial charge in [-0.05, 0) is 45.1 Å². The van der Waals surface area contributed by atoms with E-state index in [1.54, 1.807) is 27.8 Å². The summed E-state index contributed by atoms with van der Waals surface area (Å²) in [5, 5.41) is 9.92. The lowest BCUT2D eigenvalue weighted by atomic mass is 10.00. The summed E-state index contributed by atoms with van der Waals surface area (Å²) in [7, 11) is 1.54. The van der Waals surface area contributed by atoms with Crippen LogP contribution in [0.3, 0.4) is 0 Å². The van der Waals surface area contributed by atoms with E-state index in [1.165, 1.54) is 9.80 Å². The number of carbonyl (C=O) groups is 3. The Bertz CT molecular complexity index is 855. The molecule has 2 amide bonds. The Kier molecular flexibility index (Phi) is 11.2. The van der Waals surface area contributed by atoms with Crippen LogP contribution in [0.25, 0.3) is 0 Å². The summed E-state index contributed by atoms with van der Waals surface area (Å²) in [6.45, 7) is 12.1. The van der Waals surface area contributed by atoms with E-state index in [1.807, 2.05) is 44.2 Å². The van der Waals surface area contributed by atoms with Crippen LogP contribution < -0.4 is 0 Å².